The van der Waals surface area contributed by atoms with Crippen LogP contribution in [0.15, 0.2) is 11.6 Å². The maximum absolute atomic E-state index is 5.94. The first-order valence-corrected chi connectivity index (χ1v) is 4.99. The van der Waals surface area contributed by atoms with Crippen molar-refractivity contribution in [2.24, 2.45) is 23.0 Å². The molecule has 12 heavy (non-hydrogen) atoms. The molecule has 0 radical (unpaired) electrons. The summed E-state index contributed by atoms with van der Waals surface area (Å²) in [5.74, 6) is 1.72. The van der Waals surface area contributed by atoms with Gasteiger partial charge in [0.1, 0.15) is 0 Å². The standard InChI is InChI=1S/C11H19N/c1-7(12)9-5-4-8-6-10(9)11(8,2)3/h5,7-8,10H,4,6,12H2,1-3H3/t7-,8?,10?/m1/s1. The van der Waals surface area contributed by atoms with Crippen molar-refractivity contribution in [2.45, 2.75) is 39.7 Å². The topological polar surface area (TPSA) is 26.0 Å². The second-order valence-electron chi connectivity index (χ2n) is 5.04. The first kappa shape index (κ1) is 8.31. The van der Waals surface area contributed by atoms with E-state index in [4.69, 9.17) is 5.73 Å². The molecule has 3 aliphatic carbocycles. The highest BCUT2D eigenvalue weighted by atomic mass is 14.7. The Bertz CT molecular complexity index is 225. The largest absolute Gasteiger partial charge is 0.324 e. The van der Waals surface area contributed by atoms with E-state index in [2.05, 4.69) is 26.8 Å². The predicted molar refractivity (Wildman–Crippen MR) is 51.7 cm³/mol. The Labute approximate surface area is 75.0 Å². The molecular weight excluding hydrogens is 146 g/mol. The van der Waals surface area contributed by atoms with Gasteiger partial charge in [-0.25, -0.2) is 0 Å². The van der Waals surface area contributed by atoms with Gasteiger partial charge in [0.05, 0.1) is 0 Å². The molecule has 0 aromatic carbocycles. The van der Waals surface area contributed by atoms with Crippen molar-refractivity contribution in [1.82, 2.24) is 0 Å². The first-order valence-electron chi connectivity index (χ1n) is 4.99. The van der Waals surface area contributed by atoms with Crippen LogP contribution in [-0.2, 0) is 0 Å². The van der Waals surface area contributed by atoms with E-state index in [-0.39, 0.29) is 6.04 Å². The highest BCUT2D eigenvalue weighted by molar-refractivity contribution is 5.26. The summed E-state index contributed by atoms with van der Waals surface area (Å²) < 4.78 is 0. The van der Waals surface area contributed by atoms with Gasteiger partial charge in [0.15, 0.2) is 0 Å². The van der Waals surface area contributed by atoms with Crippen LogP contribution in [0.4, 0.5) is 0 Å². The van der Waals surface area contributed by atoms with Gasteiger partial charge in [-0.05, 0) is 37.0 Å². The van der Waals surface area contributed by atoms with E-state index in [0.29, 0.717) is 5.41 Å². The van der Waals surface area contributed by atoms with Gasteiger partial charge in [-0.2, -0.15) is 0 Å². The second kappa shape index (κ2) is 2.35. The number of hydrogen-bond donors (Lipinski definition) is 1. The molecule has 0 aliphatic heterocycles. The van der Waals surface area contributed by atoms with Crippen molar-refractivity contribution in [3.05, 3.63) is 11.6 Å². The lowest BCUT2D eigenvalue weighted by atomic mass is 9.48. The van der Waals surface area contributed by atoms with Crippen LogP contribution in [0.3, 0.4) is 0 Å². The third-order valence-electron chi connectivity index (χ3n) is 4.04. The number of hydrogen-bond acceptors (Lipinski definition) is 1. The summed E-state index contributed by atoms with van der Waals surface area (Å²) in [6.07, 6.45) is 5.04. The van der Waals surface area contributed by atoms with Crippen LogP contribution in [0, 0.1) is 17.3 Å². The molecule has 2 bridgehead atoms. The third-order valence-corrected chi connectivity index (χ3v) is 4.04. The fraction of sp³-hybridized carbons (Fsp3) is 0.818. The van der Waals surface area contributed by atoms with Crippen LogP contribution in [0.5, 0.6) is 0 Å². The maximum atomic E-state index is 5.94. The van der Waals surface area contributed by atoms with Crippen LogP contribution < -0.4 is 5.73 Å². The van der Waals surface area contributed by atoms with E-state index in [0.717, 1.165) is 11.8 Å². The molecule has 0 spiro atoms. The van der Waals surface area contributed by atoms with Crippen LogP contribution in [0.25, 0.3) is 0 Å². The molecule has 1 heteroatoms. The molecule has 3 rings (SSSR count). The fourth-order valence-electron chi connectivity index (χ4n) is 2.91. The van der Waals surface area contributed by atoms with E-state index in [1.54, 1.807) is 0 Å². The minimum Gasteiger partial charge on any atom is -0.324 e. The molecule has 0 amide bonds. The van der Waals surface area contributed by atoms with E-state index in [1.807, 2.05) is 0 Å². The predicted octanol–water partition coefficient (Wildman–Crippen LogP) is 2.33. The Balaban J connectivity index is 2.24. The molecule has 0 aromatic heterocycles. The lowest BCUT2D eigenvalue weighted by Gasteiger charge is -2.57. The molecular formula is C11H19N. The summed E-state index contributed by atoms with van der Waals surface area (Å²) >= 11 is 0. The smallest absolute Gasteiger partial charge is 0.0227 e. The summed E-state index contributed by atoms with van der Waals surface area (Å²) in [4.78, 5) is 0. The Morgan fingerprint density at radius 2 is 2.25 bits per heavy atom. The van der Waals surface area contributed by atoms with Gasteiger partial charge in [-0.15, -0.1) is 0 Å². The van der Waals surface area contributed by atoms with Crippen LogP contribution >= 0.6 is 0 Å². The number of fused-ring (bicyclic) bond motifs is 1. The molecule has 68 valence electrons. The number of nitrogens with two attached hydrogens (primary N) is 1. The van der Waals surface area contributed by atoms with Crippen molar-refractivity contribution < 1.29 is 0 Å². The quantitative estimate of drug-likeness (QED) is 0.593. The lowest BCUT2D eigenvalue weighted by molar-refractivity contribution is -0.00923. The third kappa shape index (κ3) is 0.891. The van der Waals surface area contributed by atoms with Gasteiger partial charge >= 0.3 is 0 Å². The Kier molecular flexibility index (Phi) is 1.63. The zero-order valence-corrected chi connectivity index (χ0v) is 8.30. The van der Waals surface area contributed by atoms with Crippen LogP contribution in [0.2, 0.25) is 0 Å². The fourth-order valence-corrected chi connectivity index (χ4v) is 2.91. The van der Waals surface area contributed by atoms with Gasteiger partial charge in [0.2, 0.25) is 0 Å². The SMILES string of the molecule is C[C@@H](N)C1=CCC2CC1C2(C)C. The van der Waals surface area contributed by atoms with Gasteiger partial charge in [-0.1, -0.05) is 25.5 Å². The molecule has 0 saturated heterocycles. The Morgan fingerprint density at radius 3 is 2.58 bits per heavy atom. The summed E-state index contributed by atoms with van der Waals surface area (Å²) in [7, 11) is 0. The monoisotopic (exact) mass is 165 g/mol. The normalized spacial score (nSPS) is 39.8. The molecule has 0 heterocycles. The van der Waals surface area contributed by atoms with Crippen molar-refractivity contribution >= 4 is 0 Å². The molecule has 1 saturated carbocycles. The van der Waals surface area contributed by atoms with E-state index in [1.165, 1.54) is 18.4 Å². The summed E-state index contributed by atoms with van der Waals surface area (Å²) in [6.45, 7) is 6.89. The molecule has 3 atom stereocenters. The van der Waals surface area contributed by atoms with E-state index >= 15 is 0 Å². The molecule has 3 aliphatic rings. The van der Waals surface area contributed by atoms with E-state index < -0.39 is 0 Å². The van der Waals surface area contributed by atoms with Crippen molar-refractivity contribution in [2.75, 3.05) is 0 Å². The molecule has 2 unspecified atom stereocenters. The average molecular weight is 165 g/mol. The van der Waals surface area contributed by atoms with Crippen molar-refractivity contribution in [1.29, 1.82) is 0 Å². The summed E-state index contributed by atoms with van der Waals surface area (Å²) in [5, 5.41) is 0. The van der Waals surface area contributed by atoms with Crippen molar-refractivity contribution in [3.8, 4) is 0 Å². The molecule has 2 N–H and O–H groups in total. The van der Waals surface area contributed by atoms with Gasteiger partial charge in [-0.3, -0.25) is 0 Å². The zero-order chi connectivity index (χ0) is 8.93. The molecule has 1 nitrogen and oxygen atoms in total. The van der Waals surface area contributed by atoms with Crippen LogP contribution in [-0.4, -0.2) is 6.04 Å². The number of rotatable bonds is 1. The maximum Gasteiger partial charge on any atom is 0.0227 e. The van der Waals surface area contributed by atoms with Gasteiger partial charge in [0, 0.05) is 6.04 Å². The zero-order valence-electron chi connectivity index (χ0n) is 8.30. The van der Waals surface area contributed by atoms with Gasteiger partial charge in [0.25, 0.3) is 0 Å². The highest BCUT2D eigenvalue weighted by Gasteiger charge is 2.51. The van der Waals surface area contributed by atoms with Crippen molar-refractivity contribution in [3.63, 3.8) is 0 Å². The minimum atomic E-state index is 0.274. The minimum absolute atomic E-state index is 0.274. The summed E-state index contributed by atoms with van der Waals surface area (Å²) in [6, 6.07) is 0.274. The Hall–Kier alpha value is -0.300. The van der Waals surface area contributed by atoms with Crippen LogP contribution in [0.1, 0.15) is 33.6 Å². The van der Waals surface area contributed by atoms with E-state index in [9.17, 15) is 0 Å². The molecule has 1 fully saturated rings. The average Bonchev–Trinajstić information content (AvgIpc) is 2.04. The highest BCUT2D eigenvalue weighted by Crippen LogP contribution is 2.59. The number of allylic oxidation sites excluding steroid dienone is 1. The second-order valence-corrected chi connectivity index (χ2v) is 5.04. The van der Waals surface area contributed by atoms with Gasteiger partial charge < -0.3 is 5.73 Å². The summed E-state index contributed by atoms with van der Waals surface area (Å²) in [5.41, 5.74) is 7.99. The Morgan fingerprint density at radius 1 is 1.58 bits per heavy atom. The first-order chi connectivity index (χ1) is 5.53. The molecule has 0 aromatic rings. The lowest BCUT2D eigenvalue weighted by Crippen LogP contribution is -2.50.